The lowest BCUT2D eigenvalue weighted by molar-refractivity contribution is -0.154. The van der Waals surface area contributed by atoms with E-state index in [9.17, 15) is 19.8 Å². The summed E-state index contributed by atoms with van der Waals surface area (Å²) in [5.41, 5.74) is 0.209. The Hall–Kier alpha value is -1.61. The molecule has 36 heavy (non-hydrogen) atoms. The van der Waals surface area contributed by atoms with Crippen molar-refractivity contribution in [3.8, 4) is 0 Å². The van der Waals surface area contributed by atoms with Gasteiger partial charge in [0.1, 0.15) is 11.9 Å². The average molecular weight is 520 g/mol. The summed E-state index contributed by atoms with van der Waals surface area (Å²) in [7, 11) is 0. The van der Waals surface area contributed by atoms with E-state index >= 15 is 0 Å². The van der Waals surface area contributed by atoms with E-state index < -0.39 is 35.6 Å². The van der Waals surface area contributed by atoms with Crippen LogP contribution in [0.4, 0.5) is 0 Å². The molecule has 3 fully saturated rings. The lowest BCUT2D eigenvalue weighted by Crippen LogP contribution is -2.46. The molecule has 1 aliphatic carbocycles. The maximum Gasteiger partial charge on any atom is 0.309 e. The molecule has 3 aliphatic rings. The summed E-state index contributed by atoms with van der Waals surface area (Å²) in [5, 5.41) is 24.9. The van der Waals surface area contributed by atoms with Crippen LogP contribution < -0.4 is 0 Å². The number of ketones is 1. The van der Waals surface area contributed by atoms with Gasteiger partial charge in [-0.05, 0) is 63.0 Å². The first-order valence-electron chi connectivity index (χ1n) is 13.1. The molecule has 2 aliphatic heterocycles. The molecule has 1 aromatic rings. The Morgan fingerprint density at radius 1 is 1.19 bits per heavy atom. The molecule has 0 radical (unpaired) electrons. The number of cyclic esters (lactones) is 1. The van der Waals surface area contributed by atoms with Crippen LogP contribution in [0.1, 0.15) is 77.9 Å². The summed E-state index contributed by atoms with van der Waals surface area (Å²) in [6.07, 6.45) is 1.49. The molecule has 200 valence electrons. The monoisotopic (exact) mass is 519 g/mol. The quantitative estimate of drug-likeness (QED) is 0.442. The number of aliphatic hydroxyl groups excluding tert-OH is 2. The average Bonchev–Trinajstić information content (AvgIpc) is 3.66. The zero-order chi connectivity index (χ0) is 26.6. The van der Waals surface area contributed by atoms with Crippen molar-refractivity contribution < 1.29 is 29.3 Å². The smallest absolute Gasteiger partial charge is 0.309 e. The van der Waals surface area contributed by atoms with Gasteiger partial charge in [0.15, 0.2) is 0 Å². The van der Waals surface area contributed by atoms with Gasteiger partial charge < -0.3 is 19.7 Å². The van der Waals surface area contributed by atoms with Crippen LogP contribution in [-0.2, 0) is 19.1 Å². The molecule has 2 N–H and O–H groups in total. The van der Waals surface area contributed by atoms with Crippen molar-refractivity contribution in [2.24, 2.45) is 29.1 Å². The van der Waals surface area contributed by atoms with E-state index in [-0.39, 0.29) is 29.8 Å². The third-order valence-electron chi connectivity index (χ3n) is 8.87. The number of nitrogens with zero attached hydrogens (tertiary/aromatic N) is 1. The second-order valence-corrected chi connectivity index (χ2v) is 13.2. The second-order valence-electron chi connectivity index (χ2n) is 12.1. The van der Waals surface area contributed by atoms with Crippen LogP contribution in [0.3, 0.4) is 0 Å². The lowest BCUT2D eigenvalue weighted by atomic mass is 9.72. The molecular weight excluding hydrogens is 478 g/mol. The fourth-order valence-corrected chi connectivity index (χ4v) is 6.54. The van der Waals surface area contributed by atoms with Gasteiger partial charge >= 0.3 is 5.97 Å². The summed E-state index contributed by atoms with van der Waals surface area (Å²) in [6, 6.07) is 0. The number of esters is 1. The van der Waals surface area contributed by atoms with E-state index in [1.165, 1.54) is 0 Å². The molecule has 0 bridgehead atoms. The van der Waals surface area contributed by atoms with E-state index in [1.54, 1.807) is 32.1 Å². The predicted octanol–water partition coefficient (Wildman–Crippen LogP) is 4.33. The van der Waals surface area contributed by atoms with Gasteiger partial charge in [-0.15, -0.1) is 11.3 Å². The van der Waals surface area contributed by atoms with Crippen LogP contribution >= 0.6 is 11.3 Å². The molecule has 4 unspecified atom stereocenters. The van der Waals surface area contributed by atoms with Crippen molar-refractivity contribution in [1.82, 2.24) is 4.98 Å². The molecule has 7 nitrogen and oxygen atoms in total. The SMILES string of the molecule is C/C(=C\c1csc(C)n1)[C@H]1CC2OC2(C)CC2CC2[C@H](C)[C@H](O)[C@@H](C)C(=O)C(C)(C)[C@@H](O)CC(=O)O1. The van der Waals surface area contributed by atoms with Crippen LogP contribution in [0, 0.1) is 36.0 Å². The van der Waals surface area contributed by atoms with Crippen molar-refractivity contribution >= 4 is 29.2 Å². The number of thiazole rings is 1. The fourth-order valence-electron chi connectivity index (χ4n) is 5.97. The molecule has 2 saturated heterocycles. The number of aryl methyl sites for hydroxylation is 1. The second kappa shape index (κ2) is 9.93. The fraction of sp³-hybridized carbons (Fsp3) is 0.750. The predicted molar refractivity (Wildman–Crippen MR) is 138 cm³/mol. The standard InChI is InChI=1S/C28H41NO6S/c1-14(8-19-13-36-17(4)29-19)21-10-23-28(7,35-23)12-18-9-20(18)15(2)25(32)16(3)26(33)27(5,6)22(30)11-24(31)34-21/h8,13,15-16,18,20-23,25,30,32H,9-12H2,1-7H3/b14-8+/t15-,16+,18?,20?,21+,22-,23?,25-,28?/m0/s1. The molecule has 1 aromatic heterocycles. The Labute approximate surface area is 218 Å². The van der Waals surface area contributed by atoms with Crippen molar-refractivity contribution in [3.63, 3.8) is 0 Å². The number of hydrogen-bond acceptors (Lipinski definition) is 8. The zero-order valence-electron chi connectivity index (χ0n) is 22.5. The van der Waals surface area contributed by atoms with Crippen LogP contribution in [-0.4, -0.2) is 57.0 Å². The lowest BCUT2D eigenvalue weighted by Gasteiger charge is -2.34. The van der Waals surface area contributed by atoms with E-state index in [4.69, 9.17) is 9.47 Å². The number of ether oxygens (including phenoxy) is 2. The van der Waals surface area contributed by atoms with E-state index in [0.717, 1.165) is 29.1 Å². The molecule has 8 heteroatoms. The van der Waals surface area contributed by atoms with Crippen molar-refractivity contribution in [3.05, 3.63) is 21.7 Å². The van der Waals surface area contributed by atoms with Crippen LogP contribution in [0.5, 0.6) is 0 Å². The molecule has 0 spiro atoms. The number of aliphatic hydroxyl groups is 2. The highest BCUT2D eigenvalue weighted by molar-refractivity contribution is 7.09. The zero-order valence-corrected chi connectivity index (χ0v) is 23.3. The van der Waals surface area contributed by atoms with Gasteiger partial charge in [-0.25, -0.2) is 4.98 Å². The summed E-state index contributed by atoms with van der Waals surface area (Å²) in [4.78, 5) is 30.8. The normalized spacial score (nSPS) is 41.8. The van der Waals surface area contributed by atoms with Crippen LogP contribution in [0.25, 0.3) is 6.08 Å². The minimum atomic E-state index is -1.22. The van der Waals surface area contributed by atoms with Gasteiger partial charge in [0, 0.05) is 17.7 Å². The molecule has 9 atom stereocenters. The number of hydrogen-bond donors (Lipinski definition) is 2. The molecule has 4 rings (SSSR count). The molecule has 3 heterocycles. The number of carbonyl (C=O) groups excluding carboxylic acids is 2. The maximum atomic E-state index is 13.3. The van der Waals surface area contributed by atoms with E-state index in [2.05, 4.69) is 11.9 Å². The van der Waals surface area contributed by atoms with Crippen molar-refractivity contribution in [1.29, 1.82) is 0 Å². The number of rotatable bonds is 2. The first kappa shape index (κ1) is 27.4. The van der Waals surface area contributed by atoms with Gasteiger partial charge in [0.25, 0.3) is 0 Å². The summed E-state index contributed by atoms with van der Waals surface area (Å²) in [5.74, 6) is -0.686. The van der Waals surface area contributed by atoms with Crippen LogP contribution in [0.2, 0.25) is 0 Å². The largest absolute Gasteiger partial charge is 0.458 e. The molecule has 0 aromatic carbocycles. The Kier molecular flexibility index (Phi) is 7.57. The Bertz CT molecular complexity index is 1030. The number of fused-ring (bicyclic) bond motifs is 2. The molecule has 1 saturated carbocycles. The highest BCUT2D eigenvalue weighted by Gasteiger charge is 2.58. The van der Waals surface area contributed by atoms with E-state index in [1.807, 2.05) is 32.2 Å². The summed E-state index contributed by atoms with van der Waals surface area (Å²) in [6.45, 7) is 13.0. The minimum Gasteiger partial charge on any atom is -0.458 e. The summed E-state index contributed by atoms with van der Waals surface area (Å²) >= 11 is 1.56. The first-order chi connectivity index (χ1) is 16.7. The van der Waals surface area contributed by atoms with Gasteiger partial charge in [-0.1, -0.05) is 27.7 Å². The first-order valence-corrected chi connectivity index (χ1v) is 14.0. The highest BCUT2D eigenvalue weighted by atomic mass is 32.1. The number of Topliss-reactive ketones (excluding diaryl/α,β-unsaturated/α-hetero) is 1. The third-order valence-corrected chi connectivity index (χ3v) is 9.66. The Morgan fingerprint density at radius 2 is 1.89 bits per heavy atom. The van der Waals surface area contributed by atoms with Gasteiger partial charge in [-0.3, -0.25) is 9.59 Å². The van der Waals surface area contributed by atoms with Crippen LogP contribution in [0.15, 0.2) is 11.0 Å². The third kappa shape index (κ3) is 5.62. The van der Waals surface area contributed by atoms with Crippen molar-refractivity contribution in [2.45, 2.75) is 104 Å². The molecule has 0 amide bonds. The van der Waals surface area contributed by atoms with E-state index in [0.29, 0.717) is 18.3 Å². The molecular formula is C28H41NO6S. The maximum absolute atomic E-state index is 13.3. The van der Waals surface area contributed by atoms with Crippen molar-refractivity contribution in [2.75, 3.05) is 0 Å². The Morgan fingerprint density at radius 3 is 2.53 bits per heavy atom. The van der Waals surface area contributed by atoms with Gasteiger partial charge in [-0.2, -0.15) is 0 Å². The summed E-state index contributed by atoms with van der Waals surface area (Å²) < 4.78 is 12.1. The topological polar surface area (TPSA) is 109 Å². The Balaban J connectivity index is 1.59. The number of carbonyl (C=O) groups is 2. The van der Waals surface area contributed by atoms with Gasteiger partial charge in [0.2, 0.25) is 0 Å². The number of epoxide rings is 1. The minimum absolute atomic E-state index is 0.0277. The number of aromatic nitrogens is 1. The van der Waals surface area contributed by atoms with Gasteiger partial charge in [0.05, 0.1) is 46.5 Å². The highest BCUT2D eigenvalue weighted by Crippen LogP contribution is 2.56.